The zero-order valence-electron chi connectivity index (χ0n) is 18.5. The van der Waals surface area contributed by atoms with Crippen molar-refractivity contribution >= 4 is 11.6 Å². The number of rotatable bonds is 5. The minimum atomic E-state index is -0.637. The molecule has 0 spiro atoms. The Hall–Kier alpha value is -2.08. The van der Waals surface area contributed by atoms with Gasteiger partial charge in [-0.3, -0.25) is 9.59 Å². The number of ether oxygens (including phenoxy) is 3. The lowest BCUT2D eigenvalue weighted by Crippen LogP contribution is -2.55. The number of benzene rings is 1. The van der Waals surface area contributed by atoms with E-state index in [2.05, 4.69) is 0 Å². The van der Waals surface area contributed by atoms with Gasteiger partial charge in [-0.2, -0.15) is 0 Å². The standard InChI is InChI=1S/C23H32O6/c1-12(11-27-5)13-16(24)14-15(20(29-7)19(13)28-6)23(4)10-8-9-22(2,3)21(23)18(26)17(14)25/h12,21,24H,8-11H2,1-7H3/t12-,21+,23+/m0/s1. The molecule has 1 N–H and O–H groups in total. The Balaban J connectivity index is 2.43. The molecule has 1 aromatic carbocycles. The zero-order chi connectivity index (χ0) is 21.7. The van der Waals surface area contributed by atoms with Crippen molar-refractivity contribution in [2.45, 2.75) is 58.3 Å². The second-order valence-electron chi connectivity index (χ2n) is 9.32. The highest BCUT2D eigenvalue weighted by Crippen LogP contribution is 2.61. The topological polar surface area (TPSA) is 82.1 Å². The average Bonchev–Trinajstić information content (AvgIpc) is 2.64. The molecule has 2 aliphatic carbocycles. The van der Waals surface area contributed by atoms with Crippen LogP contribution in [0.4, 0.5) is 0 Å². The molecule has 0 radical (unpaired) electrons. The Morgan fingerprint density at radius 2 is 1.69 bits per heavy atom. The van der Waals surface area contributed by atoms with E-state index in [4.69, 9.17) is 14.2 Å². The molecule has 0 bridgehead atoms. The molecule has 3 atom stereocenters. The van der Waals surface area contributed by atoms with Crippen molar-refractivity contribution in [3.05, 3.63) is 16.7 Å². The van der Waals surface area contributed by atoms with Gasteiger partial charge in [-0.25, -0.2) is 0 Å². The molecule has 1 fully saturated rings. The molecule has 0 aliphatic heterocycles. The van der Waals surface area contributed by atoms with Crippen LogP contribution in [0.1, 0.15) is 74.4 Å². The maximum absolute atomic E-state index is 13.3. The van der Waals surface area contributed by atoms with Crippen LogP contribution in [-0.4, -0.2) is 44.6 Å². The smallest absolute Gasteiger partial charge is 0.233 e. The average molecular weight is 405 g/mol. The second kappa shape index (κ2) is 7.31. The number of ketones is 2. The number of hydrogen-bond acceptors (Lipinski definition) is 6. The molecular weight excluding hydrogens is 372 g/mol. The van der Waals surface area contributed by atoms with Crippen LogP contribution in [0.5, 0.6) is 17.2 Å². The molecule has 29 heavy (non-hydrogen) atoms. The Morgan fingerprint density at radius 3 is 2.24 bits per heavy atom. The van der Waals surface area contributed by atoms with Crippen molar-refractivity contribution in [1.82, 2.24) is 0 Å². The van der Waals surface area contributed by atoms with E-state index in [0.717, 1.165) is 19.3 Å². The molecule has 0 saturated heterocycles. The van der Waals surface area contributed by atoms with Crippen LogP contribution in [0.25, 0.3) is 0 Å². The number of carbonyl (C=O) groups excluding carboxylic acids is 2. The van der Waals surface area contributed by atoms with Crippen molar-refractivity contribution < 1.29 is 28.9 Å². The molecular formula is C23H32O6. The fraction of sp³-hybridized carbons (Fsp3) is 0.652. The summed E-state index contributed by atoms with van der Waals surface area (Å²) >= 11 is 0. The van der Waals surface area contributed by atoms with E-state index in [1.165, 1.54) is 14.2 Å². The van der Waals surface area contributed by atoms with Crippen molar-refractivity contribution in [3.63, 3.8) is 0 Å². The lowest BCUT2D eigenvalue weighted by molar-refractivity contribution is -0.128. The van der Waals surface area contributed by atoms with Gasteiger partial charge in [0.1, 0.15) is 5.75 Å². The van der Waals surface area contributed by atoms with Gasteiger partial charge in [0.2, 0.25) is 11.6 Å². The van der Waals surface area contributed by atoms with Crippen LogP contribution in [-0.2, 0) is 14.9 Å². The Kier molecular flexibility index (Phi) is 5.45. The van der Waals surface area contributed by atoms with E-state index in [1.54, 1.807) is 7.11 Å². The van der Waals surface area contributed by atoms with E-state index in [9.17, 15) is 14.7 Å². The Morgan fingerprint density at radius 1 is 1.07 bits per heavy atom. The maximum Gasteiger partial charge on any atom is 0.233 e. The first-order valence-electron chi connectivity index (χ1n) is 10.2. The molecule has 0 unspecified atom stereocenters. The molecule has 2 aliphatic rings. The van der Waals surface area contributed by atoms with Crippen molar-refractivity contribution in [3.8, 4) is 17.2 Å². The zero-order valence-corrected chi connectivity index (χ0v) is 18.5. The molecule has 0 amide bonds. The summed E-state index contributed by atoms with van der Waals surface area (Å²) < 4.78 is 16.7. The SMILES string of the molecule is COC[C@H](C)c1c(O)c2c(c(OC)c1OC)[C@@]1(C)CCCC(C)(C)[C@H]1C(=O)C2=O. The van der Waals surface area contributed by atoms with E-state index in [1.807, 2.05) is 27.7 Å². The largest absolute Gasteiger partial charge is 0.507 e. The minimum Gasteiger partial charge on any atom is -0.507 e. The summed E-state index contributed by atoms with van der Waals surface area (Å²) in [5, 5.41) is 11.2. The van der Waals surface area contributed by atoms with E-state index in [0.29, 0.717) is 29.2 Å². The monoisotopic (exact) mass is 404 g/mol. The van der Waals surface area contributed by atoms with E-state index in [-0.39, 0.29) is 22.6 Å². The molecule has 160 valence electrons. The van der Waals surface area contributed by atoms with Gasteiger partial charge >= 0.3 is 0 Å². The van der Waals surface area contributed by atoms with Crippen LogP contribution in [0.3, 0.4) is 0 Å². The third-order valence-corrected chi connectivity index (χ3v) is 6.96. The van der Waals surface area contributed by atoms with Gasteiger partial charge in [-0.1, -0.05) is 34.1 Å². The number of carbonyl (C=O) groups is 2. The molecule has 0 heterocycles. The van der Waals surface area contributed by atoms with Crippen LogP contribution in [0, 0.1) is 11.3 Å². The van der Waals surface area contributed by atoms with Gasteiger partial charge in [0.15, 0.2) is 11.5 Å². The van der Waals surface area contributed by atoms with E-state index < -0.39 is 22.9 Å². The fourth-order valence-electron chi connectivity index (χ4n) is 5.89. The lowest BCUT2D eigenvalue weighted by atomic mass is 9.49. The number of methoxy groups -OCH3 is 3. The number of aromatic hydroxyl groups is 1. The maximum atomic E-state index is 13.3. The normalized spacial score (nSPS) is 26.5. The van der Waals surface area contributed by atoms with Crippen LogP contribution < -0.4 is 9.47 Å². The van der Waals surface area contributed by atoms with Gasteiger partial charge in [0.25, 0.3) is 0 Å². The minimum absolute atomic E-state index is 0.0713. The Bertz CT molecular complexity index is 856. The quantitative estimate of drug-likeness (QED) is 0.747. The summed E-state index contributed by atoms with van der Waals surface area (Å²) in [6, 6.07) is 0. The molecule has 6 nitrogen and oxygen atoms in total. The summed E-state index contributed by atoms with van der Waals surface area (Å²) in [6.45, 7) is 8.30. The number of Topliss-reactive ketones (excluding diaryl/α,β-unsaturated/α-hetero) is 2. The highest BCUT2D eigenvalue weighted by molar-refractivity contribution is 6.47. The first kappa shape index (κ1) is 21.6. The number of phenols is 1. The predicted octanol–water partition coefficient (Wildman–Crippen LogP) is 4.01. The van der Waals surface area contributed by atoms with Gasteiger partial charge in [-0.05, 0) is 18.3 Å². The number of fused-ring (bicyclic) bond motifs is 3. The fourth-order valence-corrected chi connectivity index (χ4v) is 5.89. The molecule has 6 heteroatoms. The summed E-state index contributed by atoms with van der Waals surface area (Å²) in [5.41, 5.74) is 0.157. The van der Waals surface area contributed by atoms with Gasteiger partial charge in [0.05, 0.1) is 26.4 Å². The molecule has 1 aromatic rings. The Labute approximate surface area is 172 Å². The summed E-state index contributed by atoms with van der Waals surface area (Å²) in [4.78, 5) is 26.6. The number of phenolic OH excluding ortho intramolecular Hbond substituents is 1. The summed E-state index contributed by atoms with van der Waals surface area (Å²) in [5.74, 6) is -1.14. The van der Waals surface area contributed by atoms with Crippen molar-refractivity contribution in [2.24, 2.45) is 11.3 Å². The van der Waals surface area contributed by atoms with Gasteiger partial charge < -0.3 is 19.3 Å². The van der Waals surface area contributed by atoms with Gasteiger partial charge in [-0.15, -0.1) is 0 Å². The summed E-state index contributed by atoms with van der Waals surface area (Å²) in [6.07, 6.45) is 2.53. The van der Waals surface area contributed by atoms with E-state index >= 15 is 0 Å². The first-order valence-corrected chi connectivity index (χ1v) is 10.2. The highest BCUT2D eigenvalue weighted by Gasteiger charge is 2.59. The molecule has 3 rings (SSSR count). The van der Waals surface area contributed by atoms with Crippen LogP contribution >= 0.6 is 0 Å². The third-order valence-electron chi connectivity index (χ3n) is 6.96. The second-order valence-corrected chi connectivity index (χ2v) is 9.32. The van der Waals surface area contributed by atoms with Crippen LogP contribution in [0.15, 0.2) is 0 Å². The molecule has 0 aromatic heterocycles. The lowest BCUT2D eigenvalue weighted by Gasteiger charge is -2.52. The first-order chi connectivity index (χ1) is 13.6. The summed E-state index contributed by atoms with van der Waals surface area (Å²) in [7, 11) is 4.63. The molecule has 1 saturated carbocycles. The predicted molar refractivity (Wildman–Crippen MR) is 109 cm³/mol. The van der Waals surface area contributed by atoms with Crippen molar-refractivity contribution in [1.29, 1.82) is 0 Å². The third kappa shape index (κ3) is 2.95. The number of hydrogen-bond donors (Lipinski definition) is 1. The van der Waals surface area contributed by atoms with Crippen LogP contribution in [0.2, 0.25) is 0 Å². The van der Waals surface area contributed by atoms with Gasteiger partial charge in [0, 0.05) is 35.5 Å². The highest BCUT2D eigenvalue weighted by atomic mass is 16.5. The van der Waals surface area contributed by atoms with Crippen molar-refractivity contribution in [2.75, 3.05) is 27.9 Å².